The van der Waals surface area contributed by atoms with E-state index < -0.39 is 23.4 Å². The zero-order valence-electron chi connectivity index (χ0n) is 18.8. The van der Waals surface area contributed by atoms with Gasteiger partial charge in [0, 0.05) is 23.2 Å². The number of aliphatic imine (C=N–C) groups is 1. The number of carbonyl (C=O) groups excluding carboxylic acids is 3. The number of amides is 3. The van der Waals surface area contributed by atoms with Gasteiger partial charge in [-0.2, -0.15) is 0 Å². The summed E-state index contributed by atoms with van der Waals surface area (Å²) in [5.74, 6) is -0.523. The fourth-order valence-corrected chi connectivity index (χ4v) is 4.55. The van der Waals surface area contributed by atoms with Crippen LogP contribution in [0.3, 0.4) is 0 Å². The maximum absolute atomic E-state index is 13.1. The molecule has 0 aliphatic heterocycles. The van der Waals surface area contributed by atoms with Crippen LogP contribution in [-0.4, -0.2) is 42.8 Å². The van der Waals surface area contributed by atoms with Crippen LogP contribution in [0.2, 0.25) is 0 Å². The third kappa shape index (κ3) is 6.72. The molecule has 2 aromatic rings. The van der Waals surface area contributed by atoms with Crippen molar-refractivity contribution in [3.63, 3.8) is 0 Å². The molecule has 1 aliphatic rings. The largest absolute Gasteiger partial charge is 0.606 e. The van der Waals surface area contributed by atoms with Crippen molar-refractivity contribution in [1.82, 2.24) is 5.32 Å². The van der Waals surface area contributed by atoms with Gasteiger partial charge >= 0.3 is 12.2 Å². The molecule has 11 heteroatoms. The minimum atomic E-state index is -1.52. The topological polar surface area (TPSA) is 141 Å². The Hall–Kier alpha value is -3.57. The zero-order valence-corrected chi connectivity index (χ0v) is 19.6. The highest BCUT2D eigenvalue weighted by atomic mass is 32.2. The lowest BCUT2D eigenvalue weighted by atomic mass is 10.1. The first kappa shape index (κ1) is 25.1. The van der Waals surface area contributed by atoms with E-state index in [4.69, 9.17) is 0 Å². The van der Waals surface area contributed by atoms with Gasteiger partial charge in [-0.3, -0.25) is 10.1 Å². The first-order valence-electron chi connectivity index (χ1n) is 10.6. The molecule has 34 heavy (non-hydrogen) atoms. The van der Waals surface area contributed by atoms with Gasteiger partial charge in [0.1, 0.15) is 0 Å². The minimum Gasteiger partial charge on any atom is -0.606 e. The Morgan fingerprint density at radius 1 is 0.941 bits per heavy atom. The number of rotatable bonds is 5. The second-order valence-electron chi connectivity index (χ2n) is 7.43. The molecule has 3 rings (SSSR count). The molecule has 1 fully saturated rings. The molecule has 0 saturated heterocycles. The molecule has 1 atom stereocenters. The molecular formula is C23H26N4O6S. The Morgan fingerprint density at radius 2 is 1.65 bits per heavy atom. The molecular weight excluding hydrogens is 460 g/mol. The van der Waals surface area contributed by atoms with Crippen molar-refractivity contribution in [3.8, 4) is 0 Å². The van der Waals surface area contributed by atoms with Gasteiger partial charge in [-0.15, -0.1) is 4.99 Å². The number of guanidine groups is 1. The summed E-state index contributed by atoms with van der Waals surface area (Å²) >= 11 is -1.52. The number of nitrogens with one attached hydrogen (secondary N) is 3. The number of hydrogen-bond acceptors (Lipinski definition) is 6. The number of anilines is 2. The normalized spacial score (nSPS) is 14.7. The Kier molecular flexibility index (Phi) is 8.88. The highest BCUT2D eigenvalue weighted by Crippen LogP contribution is 2.31. The predicted octanol–water partition coefficient (Wildman–Crippen LogP) is 3.87. The summed E-state index contributed by atoms with van der Waals surface area (Å²) in [6.45, 7) is 0. The van der Waals surface area contributed by atoms with Crippen LogP contribution in [0.1, 0.15) is 25.7 Å². The lowest BCUT2D eigenvalue weighted by molar-refractivity contribution is -0.119. The van der Waals surface area contributed by atoms with Crippen LogP contribution in [0.5, 0.6) is 0 Å². The van der Waals surface area contributed by atoms with E-state index >= 15 is 0 Å². The number of ether oxygens (including phenoxy) is 2. The molecule has 1 unspecified atom stereocenters. The minimum absolute atomic E-state index is 0.0950. The summed E-state index contributed by atoms with van der Waals surface area (Å²) in [4.78, 5) is 40.9. The molecule has 0 aromatic heterocycles. The second kappa shape index (κ2) is 12.1. The van der Waals surface area contributed by atoms with Crippen LogP contribution < -0.4 is 16.0 Å². The predicted molar refractivity (Wildman–Crippen MR) is 127 cm³/mol. The Morgan fingerprint density at radius 3 is 2.29 bits per heavy atom. The number of carbonyl (C=O) groups is 3. The van der Waals surface area contributed by atoms with E-state index in [-0.39, 0.29) is 23.5 Å². The smallest absolute Gasteiger partial charge is 0.436 e. The van der Waals surface area contributed by atoms with Gasteiger partial charge in [-0.1, -0.05) is 31.0 Å². The second-order valence-corrected chi connectivity index (χ2v) is 8.91. The summed E-state index contributed by atoms with van der Waals surface area (Å²) in [7, 11) is 2.29. The fraction of sp³-hybridized carbons (Fsp3) is 0.304. The Labute approximate surface area is 200 Å². The number of alkyl carbamates (subject to hydrolysis) is 1. The number of hydrogen-bond donors (Lipinski definition) is 3. The van der Waals surface area contributed by atoms with Gasteiger partial charge in [0.2, 0.25) is 11.9 Å². The summed E-state index contributed by atoms with van der Waals surface area (Å²) in [5, 5.41) is 7.98. The summed E-state index contributed by atoms with van der Waals surface area (Å²) in [6.07, 6.45) is 1.76. The van der Waals surface area contributed by atoms with Crippen LogP contribution in [0, 0.1) is 5.92 Å². The summed E-state index contributed by atoms with van der Waals surface area (Å²) in [5.41, 5.74) is 0.641. The van der Waals surface area contributed by atoms with Crippen molar-refractivity contribution in [2.24, 2.45) is 10.9 Å². The van der Waals surface area contributed by atoms with Crippen molar-refractivity contribution in [1.29, 1.82) is 0 Å². The van der Waals surface area contributed by atoms with Gasteiger partial charge in [0.25, 0.3) is 0 Å². The van der Waals surface area contributed by atoms with Crippen LogP contribution in [-0.2, 0) is 25.4 Å². The zero-order chi connectivity index (χ0) is 24.5. The quantitative estimate of drug-likeness (QED) is 0.331. The Bertz CT molecular complexity index is 1060. The van der Waals surface area contributed by atoms with Gasteiger partial charge in [-0.05, 0) is 37.1 Å². The molecule has 2 aromatic carbocycles. The maximum Gasteiger partial charge on any atom is 0.436 e. The Balaban J connectivity index is 1.96. The van der Waals surface area contributed by atoms with E-state index in [1.54, 1.807) is 42.5 Å². The molecule has 0 heterocycles. The van der Waals surface area contributed by atoms with Crippen LogP contribution >= 0.6 is 0 Å². The monoisotopic (exact) mass is 486 g/mol. The highest BCUT2D eigenvalue weighted by Gasteiger charge is 2.25. The van der Waals surface area contributed by atoms with E-state index in [1.165, 1.54) is 0 Å². The number of nitrogens with zero attached hydrogens (tertiary/aromatic N) is 1. The molecule has 0 radical (unpaired) electrons. The summed E-state index contributed by atoms with van der Waals surface area (Å²) in [6, 6.07) is 13.7. The van der Waals surface area contributed by atoms with Gasteiger partial charge in [-0.25, -0.2) is 9.59 Å². The molecule has 3 N–H and O–H groups in total. The van der Waals surface area contributed by atoms with Gasteiger partial charge < -0.3 is 24.7 Å². The molecule has 10 nitrogen and oxygen atoms in total. The van der Waals surface area contributed by atoms with E-state index in [0.29, 0.717) is 15.5 Å². The molecule has 1 saturated carbocycles. The van der Waals surface area contributed by atoms with Crippen molar-refractivity contribution >= 4 is 46.6 Å². The molecule has 3 amide bonds. The van der Waals surface area contributed by atoms with Crippen LogP contribution in [0.25, 0.3) is 0 Å². The van der Waals surface area contributed by atoms with Crippen molar-refractivity contribution in [2.45, 2.75) is 35.5 Å². The molecule has 0 bridgehead atoms. The average Bonchev–Trinajstić information content (AvgIpc) is 3.40. The fourth-order valence-electron chi connectivity index (χ4n) is 3.45. The third-order valence-electron chi connectivity index (χ3n) is 5.18. The SMILES string of the molecule is COC(=O)N=C(NC(=O)OC)Nc1cc([S+]([O-])c2ccccc2)ccc1NC(=O)C1CCCC1. The van der Waals surface area contributed by atoms with E-state index in [1.807, 2.05) is 6.07 Å². The van der Waals surface area contributed by atoms with Crippen LogP contribution in [0.4, 0.5) is 21.0 Å². The molecule has 180 valence electrons. The van der Waals surface area contributed by atoms with Gasteiger partial charge in [0.05, 0.1) is 25.6 Å². The van der Waals surface area contributed by atoms with E-state index in [0.717, 1.165) is 39.9 Å². The molecule has 1 aliphatic carbocycles. The number of methoxy groups -OCH3 is 2. The standard InChI is InChI=1S/C23H26N4O6S/c1-32-22(29)26-21(27-23(30)33-2)25-19-14-17(34(31)16-10-4-3-5-11-16)12-13-18(19)24-20(28)15-8-6-7-9-15/h3-5,10-15H,6-9H2,1-2H3,(H,24,28)(H2,25,26,27,29,30). The molecule has 0 spiro atoms. The van der Waals surface area contributed by atoms with Crippen molar-refractivity contribution < 1.29 is 28.4 Å². The highest BCUT2D eigenvalue weighted by molar-refractivity contribution is 7.91. The summed E-state index contributed by atoms with van der Waals surface area (Å²) < 4.78 is 22.2. The first-order valence-corrected chi connectivity index (χ1v) is 11.8. The van der Waals surface area contributed by atoms with E-state index in [2.05, 4.69) is 30.4 Å². The average molecular weight is 487 g/mol. The lowest BCUT2D eigenvalue weighted by Gasteiger charge is -2.18. The first-order chi connectivity index (χ1) is 16.4. The number of benzene rings is 2. The van der Waals surface area contributed by atoms with Crippen molar-refractivity contribution in [2.75, 3.05) is 24.9 Å². The van der Waals surface area contributed by atoms with Crippen LogP contribution in [0.15, 0.2) is 63.3 Å². The van der Waals surface area contributed by atoms with E-state index in [9.17, 15) is 18.9 Å². The maximum atomic E-state index is 13.1. The van der Waals surface area contributed by atoms with Crippen molar-refractivity contribution in [3.05, 3.63) is 48.5 Å². The third-order valence-corrected chi connectivity index (χ3v) is 6.57. The van der Waals surface area contributed by atoms with Gasteiger partial charge in [0.15, 0.2) is 9.79 Å². The lowest BCUT2D eigenvalue weighted by Crippen LogP contribution is -2.37.